The molecule has 0 spiro atoms. The Morgan fingerprint density at radius 3 is 2.31 bits per heavy atom. The van der Waals surface area contributed by atoms with Gasteiger partial charge in [-0.25, -0.2) is 9.91 Å². The molecule has 0 aliphatic carbocycles. The number of hydrogen-bond donors (Lipinski definition) is 1. The highest BCUT2D eigenvalue weighted by atomic mass is 16.7. The zero-order valence-electron chi connectivity index (χ0n) is 20.5. The van der Waals surface area contributed by atoms with Gasteiger partial charge in [-0.3, -0.25) is 24.6 Å². The zero-order valence-corrected chi connectivity index (χ0v) is 20.5. The average Bonchev–Trinajstić information content (AvgIpc) is 3.39. The Morgan fingerprint density at radius 2 is 1.69 bits per heavy atom. The van der Waals surface area contributed by atoms with Gasteiger partial charge < -0.3 is 9.47 Å². The van der Waals surface area contributed by atoms with Crippen LogP contribution in [0.25, 0.3) is 0 Å². The first-order chi connectivity index (χ1) is 16.5. The second-order valence-corrected chi connectivity index (χ2v) is 9.96. The lowest BCUT2D eigenvalue weighted by molar-refractivity contribution is -0.143. The van der Waals surface area contributed by atoms with Crippen LogP contribution in [0.5, 0.6) is 11.5 Å². The topological polar surface area (TPSA) is 105 Å². The Labute approximate surface area is 203 Å². The molecular formula is C26H29N3O6. The van der Waals surface area contributed by atoms with Gasteiger partial charge in [0.2, 0.25) is 18.6 Å². The van der Waals surface area contributed by atoms with Crippen LogP contribution < -0.4 is 19.8 Å². The number of nitrogens with zero attached hydrogens (tertiary/aromatic N) is 2. The molecule has 2 aromatic rings. The quantitative estimate of drug-likeness (QED) is 0.534. The molecule has 2 aromatic carbocycles. The highest BCUT2D eigenvalue weighted by molar-refractivity contribution is 6.23. The first-order valence-corrected chi connectivity index (χ1v) is 11.5. The first kappa shape index (κ1) is 24.3. The summed E-state index contributed by atoms with van der Waals surface area (Å²) < 4.78 is 10.6. The van der Waals surface area contributed by atoms with Gasteiger partial charge in [0.1, 0.15) is 6.04 Å². The first-order valence-electron chi connectivity index (χ1n) is 11.5. The molecule has 4 rings (SSSR count). The number of anilines is 1. The molecule has 2 aliphatic rings. The van der Waals surface area contributed by atoms with E-state index in [2.05, 4.69) is 26.2 Å². The molecule has 2 aliphatic heterocycles. The van der Waals surface area contributed by atoms with Crippen molar-refractivity contribution in [3.05, 3.63) is 53.6 Å². The molecule has 1 atom stereocenters. The minimum atomic E-state index is -1.17. The molecule has 0 saturated carbocycles. The Morgan fingerprint density at radius 1 is 1.03 bits per heavy atom. The van der Waals surface area contributed by atoms with Crippen molar-refractivity contribution in [3.8, 4) is 11.5 Å². The van der Waals surface area contributed by atoms with Crippen LogP contribution >= 0.6 is 0 Å². The van der Waals surface area contributed by atoms with Crippen LogP contribution in [0.15, 0.2) is 42.5 Å². The minimum absolute atomic E-state index is 0.0583. The number of carbonyl (C=O) groups excluding carboxylic acids is 4. The average molecular weight is 480 g/mol. The summed E-state index contributed by atoms with van der Waals surface area (Å²) in [5, 5.41) is 0.998. The van der Waals surface area contributed by atoms with Gasteiger partial charge in [-0.15, -0.1) is 0 Å². The lowest BCUT2D eigenvalue weighted by Gasteiger charge is -2.29. The molecule has 1 unspecified atom stereocenters. The molecule has 1 saturated heterocycles. The van der Waals surface area contributed by atoms with Crippen molar-refractivity contribution in [2.45, 2.75) is 52.5 Å². The molecule has 1 N–H and O–H groups in total. The highest BCUT2D eigenvalue weighted by Crippen LogP contribution is 2.37. The zero-order chi connectivity index (χ0) is 25.5. The number of carbonyl (C=O) groups is 4. The molecule has 0 radical (unpaired) electrons. The van der Waals surface area contributed by atoms with Gasteiger partial charge in [0, 0.05) is 17.5 Å². The summed E-state index contributed by atoms with van der Waals surface area (Å²) in [6.45, 7) is 9.59. The van der Waals surface area contributed by atoms with Crippen LogP contribution in [0.4, 0.5) is 5.69 Å². The molecule has 184 valence electrons. The summed E-state index contributed by atoms with van der Waals surface area (Å²) in [7, 11) is 0. The number of amides is 4. The number of imide groups is 1. The maximum absolute atomic E-state index is 13.3. The summed E-state index contributed by atoms with van der Waals surface area (Å²) in [4.78, 5) is 53.3. The van der Waals surface area contributed by atoms with E-state index in [1.165, 1.54) is 0 Å². The van der Waals surface area contributed by atoms with Gasteiger partial charge in [0.15, 0.2) is 11.5 Å². The fourth-order valence-electron chi connectivity index (χ4n) is 3.97. The Hall–Kier alpha value is -3.88. The number of hydrazine groups is 1. The molecule has 35 heavy (non-hydrogen) atoms. The molecule has 9 nitrogen and oxygen atoms in total. The summed E-state index contributed by atoms with van der Waals surface area (Å²) in [5.74, 6) is -1.67. The number of nitrogens with one attached hydrogen (secondary N) is 1. The summed E-state index contributed by atoms with van der Waals surface area (Å²) in [6.07, 6.45) is -0.255. The number of fused-ring (bicyclic) bond motifs is 1. The van der Waals surface area contributed by atoms with E-state index in [1.54, 1.807) is 44.2 Å². The minimum Gasteiger partial charge on any atom is -0.454 e. The van der Waals surface area contributed by atoms with Crippen molar-refractivity contribution < 1.29 is 28.7 Å². The van der Waals surface area contributed by atoms with Gasteiger partial charge in [0.25, 0.3) is 11.8 Å². The van der Waals surface area contributed by atoms with Crippen LogP contribution in [-0.4, -0.2) is 41.5 Å². The standard InChI is InChI=1S/C26H29N3O6/c1-15(2)24(32)29(27-23(31)16-6-8-17(9-7-16)26(3,4)5)19-13-22(30)28(25(19)33)18-10-11-20-21(12-18)35-14-34-20/h6-12,15,19H,13-14H2,1-5H3,(H,27,31). The van der Waals surface area contributed by atoms with Gasteiger partial charge in [-0.2, -0.15) is 0 Å². The number of benzene rings is 2. The Bertz CT molecular complexity index is 1180. The second kappa shape index (κ2) is 9.05. The second-order valence-electron chi connectivity index (χ2n) is 9.96. The van der Waals surface area contributed by atoms with E-state index >= 15 is 0 Å². The van der Waals surface area contributed by atoms with Gasteiger partial charge in [-0.1, -0.05) is 46.8 Å². The Kier molecular flexibility index (Phi) is 6.27. The molecule has 0 bridgehead atoms. The van der Waals surface area contributed by atoms with Crippen molar-refractivity contribution in [2.24, 2.45) is 5.92 Å². The van der Waals surface area contributed by atoms with Crippen molar-refractivity contribution >= 4 is 29.3 Å². The summed E-state index contributed by atoms with van der Waals surface area (Å²) in [5.41, 5.74) is 4.21. The number of ether oxygens (including phenoxy) is 2. The van der Waals surface area contributed by atoms with E-state index in [0.717, 1.165) is 15.5 Å². The molecule has 2 heterocycles. The third kappa shape index (κ3) is 4.71. The molecule has 4 amide bonds. The molecule has 1 fully saturated rings. The normalized spacial score (nSPS) is 17.2. The predicted octanol–water partition coefficient (Wildman–Crippen LogP) is 3.17. The largest absolute Gasteiger partial charge is 0.454 e. The maximum Gasteiger partial charge on any atom is 0.269 e. The third-order valence-corrected chi connectivity index (χ3v) is 6.02. The van der Waals surface area contributed by atoms with E-state index in [-0.39, 0.29) is 18.6 Å². The maximum atomic E-state index is 13.3. The molecular weight excluding hydrogens is 450 g/mol. The lowest BCUT2D eigenvalue weighted by Crippen LogP contribution is -2.55. The van der Waals surface area contributed by atoms with Gasteiger partial charge >= 0.3 is 0 Å². The lowest BCUT2D eigenvalue weighted by atomic mass is 9.87. The number of hydrogen-bond acceptors (Lipinski definition) is 6. The van der Waals surface area contributed by atoms with E-state index in [9.17, 15) is 19.2 Å². The smallest absolute Gasteiger partial charge is 0.269 e. The van der Waals surface area contributed by atoms with Crippen molar-refractivity contribution in [1.29, 1.82) is 0 Å². The number of rotatable bonds is 4. The summed E-state index contributed by atoms with van der Waals surface area (Å²) >= 11 is 0. The van der Waals surface area contributed by atoms with Crippen molar-refractivity contribution in [2.75, 3.05) is 11.7 Å². The van der Waals surface area contributed by atoms with Crippen LogP contribution in [0.2, 0.25) is 0 Å². The van der Waals surface area contributed by atoms with Crippen LogP contribution in [0.1, 0.15) is 57.0 Å². The van der Waals surface area contributed by atoms with Crippen LogP contribution in [-0.2, 0) is 19.8 Å². The van der Waals surface area contributed by atoms with Gasteiger partial charge in [0.05, 0.1) is 12.1 Å². The van der Waals surface area contributed by atoms with E-state index in [0.29, 0.717) is 22.7 Å². The monoisotopic (exact) mass is 479 g/mol. The fraction of sp³-hybridized carbons (Fsp3) is 0.385. The molecule has 0 aromatic heterocycles. The highest BCUT2D eigenvalue weighted by Gasteiger charge is 2.46. The van der Waals surface area contributed by atoms with E-state index in [1.807, 2.05) is 12.1 Å². The predicted molar refractivity (Wildman–Crippen MR) is 128 cm³/mol. The Balaban J connectivity index is 1.58. The van der Waals surface area contributed by atoms with E-state index < -0.39 is 35.6 Å². The van der Waals surface area contributed by atoms with Crippen molar-refractivity contribution in [3.63, 3.8) is 0 Å². The van der Waals surface area contributed by atoms with Crippen molar-refractivity contribution in [1.82, 2.24) is 10.4 Å². The SMILES string of the molecule is CC(C)C(=O)N(NC(=O)c1ccc(C(C)(C)C)cc1)C1CC(=O)N(c2ccc3c(c2)OCO3)C1=O. The third-order valence-electron chi connectivity index (χ3n) is 6.02. The van der Waals surface area contributed by atoms with Crippen LogP contribution in [0.3, 0.4) is 0 Å². The molecule has 9 heteroatoms. The summed E-state index contributed by atoms with van der Waals surface area (Å²) in [6, 6.07) is 10.6. The van der Waals surface area contributed by atoms with E-state index in [4.69, 9.17) is 9.47 Å². The van der Waals surface area contributed by atoms with Crippen LogP contribution in [0, 0.1) is 5.92 Å². The van der Waals surface area contributed by atoms with Gasteiger partial charge in [-0.05, 0) is 35.2 Å². The fourth-order valence-corrected chi connectivity index (χ4v) is 3.97.